The summed E-state index contributed by atoms with van der Waals surface area (Å²) in [6.45, 7) is 4.00. The predicted molar refractivity (Wildman–Crippen MR) is 69.0 cm³/mol. The minimum Gasteiger partial charge on any atom is -0.331 e. The number of fused-ring (bicyclic) bond motifs is 1. The summed E-state index contributed by atoms with van der Waals surface area (Å²) in [5.41, 5.74) is 3.62. The van der Waals surface area contributed by atoms with Crippen molar-refractivity contribution in [3.05, 3.63) is 29.3 Å². The summed E-state index contributed by atoms with van der Waals surface area (Å²) >= 11 is 0. The molecule has 0 atom stereocenters. The molecule has 0 amide bonds. The summed E-state index contributed by atoms with van der Waals surface area (Å²) in [7, 11) is 1.97. The smallest absolute Gasteiger partial charge is 0.196 e. The number of rotatable bonds is 2. The maximum Gasteiger partial charge on any atom is 0.196 e. The van der Waals surface area contributed by atoms with E-state index in [-0.39, 0.29) is 0 Å². The van der Waals surface area contributed by atoms with Crippen molar-refractivity contribution < 1.29 is 0 Å². The topological polar surface area (TPSA) is 55.6 Å². The maximum atomic E-state index is 4.69. The number of hydrogen-bond donors (Lipinski definition) is 1. The summed E-state index contributed by atoms with van der Waals surface area (Å²) < 4.78 is 1.96. The molecule has 5 nitrogen and oxygen atoms in total. The van der Waals surface area contributed by atoms with Crippen LogP contribution in [-0.4, -0.2) is 26.1 Å². The molecule has 5 heteroatoms. The monoisotopic (exact) mass is 243 g/mol. The van der Waals surface area contributed by atoms with Crippen LogP contribution in [0, 0.1) is 0 Å². The quantitative estimate of drug-likeness (QED) is 0.857. The number of hydrogen-bond acceptors (Lipinski definition) is 4. The Morgan fingerprint density at radius 3 is 3.00 bits per heavy atom. The zero-order valence-corrected chi connectivity index (χ0v) is 10.8. The Morgan fingerprint density at radius 2 is 2.28 bits per heavy atom. The van der Waals surface area contributed by atoms with E-state index in [1.165, 1.54) is 11.3 Å². The fraction of sp³-hybridized carbons (Fsp3) is 0.462. The van der Waals surface area contributed by atoms with E-state index in [0.717, 1.165) is 43.3 Å². The molecule has 0 radical (unpaired) electrons. The third kappa shape index (κ3) is 1.80. The second kappa shape index (κ2) is 4.49. The van der Waals surface area contributed by atoms with Gasteiger partial charge in [0.2, 0.25) is 0 Å². The van der Waals surface area contributed by atoms with E-state index in [9.17, 15) is 0 Å². The highest BCUT2D eigenvalue weighted by Crippen LogP contribution is 2.20. The summed E-state index contributed by atoms with van der Waals surface area (Å²) in [6.07, 6.45) is 5.67. The highest BCUT2D eigenvalue weighted by Gasteiger charge is 2.18. The van der Waals surface area contributed by atoms with Crippen LogP contribution < -0.4 is 5.32 Å². The van der Waals surface area contributed by atoms with Gasteiger partial charge in [-0.1, -0.05) is 6.92 Å². The molecule has 3 rings (SSSR count). The molecule has 0 spiro atoms. The number of nitrogens with one attached hydrogen (secondary N) is 1. The van der Waals surface area contributed by atoms with Gasteiger partial charge < -0.3 is 9.88 Å². The number of aryl methyl sites for hydroxylation is 2. The predicted octanol–water partition coefficient (Wildman–Crippen LogP) is 1.09. The van der Waals surface area contributed by atoms with Crippen LogP contribution in [-0.2, 0) is 26.4 Å². The molecular weight excluding hydrogens is 226 g/mol. The average Bonchev–Trinajstić information content (AvgIpc) is 2.83. The first-order valence-corrected chi connectivity index (χ1v) is 6.36. The minimum absolute atomic E-state index is 0.738. The Balaban J connectivity index is 2.14. The van der Waals surface area contributed by atoms with Crippen LogP contribution in [0.25, 0.3) is 11.6 Å². The van der Waals surface area contributed by atoms with Gasteiger partial charge in [-0.25, -0.2) is 15.0 Å². The molecule has 0 aliphatic carbocycles. The molecule has 1 aliphatic heterocycles. The molecular formula is C13H17N5. The fourth-order valence-corrected chi connectivity index (χ4v) is 2.41. The molecule has 2 aromatic rings. The van der Waals surface area contributed by atoms with Crippen molar-refractivity contribution in [2.24, 2.45) is 7.05 Å². The summed E-state index contributed by atoms with van der Waals surface area (Å²) in [4.78, 5) is 13.7. The molecule has 3 heterocycles. The van der Waals surface area contributed by atoms with Gasteiger partial charge in [-0.05, 0) is 24.9 Å². The van der Waals surface area contributed by atoms with Crippen molar-refractivity contribution in [2.75, 3.05) is 6.54 Å². The van der Waals surface area contributed by atoms with Crippen molar-refractivity contribution in [2.45, 2.75) is 26.3 Å². The minimum atomic E-state index is 0.738. The second-order valence-corrected chi connectivity index (χ2v) is 4.56. The van der Waals surface area contributed by atoms with E-state index in [2.05, 4.69) is 27.2 Å². The molecule has 94 valence electrons. The van der Waals surface area contributed by atoms with Crippen molar-refractivity contribution >= 4 is 0 Å². The highest BCUT2D eigenvalue weighted by atomic mass is 15.1. The molecule has 18 heavy (non-hydrogen) atoms. The van der Waals surface area contributed by atoms with E-state index in [4.69, 9.17) is 0 Å². The normalized spacial score (nSPS) is 14.6. The van der Waals surface area contributed by atoms with Crippen molar-refractivity contribution in [1.82, 2.24) is 24.8 Å². The van der Waals surface area contributed by atoms with Crippen LogP contribution >= 0.6 is 0 Å². The maximum absolute atomic E-state index is 4.69. The van der Waals surface area contributed by atoms with E-state index in [0.29, 0.717) is 0 Å². The molecule has 1 N–H and O–H groups in total. The van der Waals surface area contributed by atoms with Crippen LogP contribution in [0.3, 0.4) is 0 Å². The lowest BCUT2D eigenvalue weighted by molar-refractivity contribution is 0.616. The van der Waals surface area contributed by atoms with Crippen molar-refractivity contribution in [1.29, 1.82) is 0 Å². The first-order valence-electron chi connectivity index (χ1n) is 6.36. The first kappa shape index (κ1) is 11.3. The lowest BCUT2D eigenvalue weighted by Crippen LogP contribution is -2.26. The van der Waals surface area contributed by atoms with E-state index in [1.807, 2.05) is 17.8 Å². The lowest BCUT2D eigenvalue weighted by atomic mass is 10.0. The summed E-state index contributed by atoms with van der Waals surface area (Å²) in [6, 6.07) is 0. The average molecular weight is 243 g/mol. The van der Waals surface area contributed by atoms with Gasteiger partial charge in [0.25, 0.3) is 0 Å². The third-order valence-electron chi connectivity index (χ3n) is 3.38. The third-order valence-corrected chi connectivity index (χ3v) is 3.38. The molecule has 0 bridgehead atoms. The van der Waals surface area contributed by atoms with Gasteiger partial charge in [-0.15, -0.1) is 0 Å². The lowest BCUT2D eigenvalue weighted by Gasteiger charge is -2.19. The molecule has 0 fully saturated rings. The van der Waals surface area contributed by atoms with E-state index >= 15 is 0 Å². The zero-order chi connectivity index (χ0) is 12.5. The van der Waals surface area contributed by atoms with E-state index in [1.54, 1.807) is 6.20 Å². The fourth-order valence-electron chi connectivity index (χ4n) is 2.41. The summed E-state index contributed by atoms with van der Waals surface area (Å²) in [5.74, 6) is 1.57. The first-order chi connectivity index (χ1) is 8.79. The number of nitrogens with zero attached hydrogens (tertiary/aromatic N) is 4. The molecule has 0 aromatic carbocycles. The van der Waals surface area contributed by atoms with Gasteiger partial charge in [0.05, 0.1) is 5.69 Å². The van der Waals surface area contributed by atoms with Crippen molar-refractivity contribution in [3.8, 4) is 11.6 Å². The van der Waals surface area contributed by atoms with E-state index < -0.39 is 0 Å². The Hall–Kier alpha value is -1.75. The SMILES string of the molecule is CCc1nc(-c2nccn2C)nc2c1CCNC2. The number of aromatic nitrogens is 4. The largest absolute Gasteiger partial charge is 0.331 e. The van der Waals surface area contributed by atoms with Gasteiger partial charge in [0, 0.05) is 31.7 Å². The Kier molecular flexibility index (Phi) is 2.83. The Labute approximate surface area is 106 Å². The van der Waals surface area contributed by atoms with Gasteiger partial charge in [-0.2, -0.15) is 0 Å². The standard InChI is InChI=1S/C13H17N5/c1-3-10-9-4-5-14-8-11(9)17-12(16-10)13-15-6-7-18(13)2/h6-7,14H,3-5,8H2,1-2H3. The van der Waals surface area contributed by atoms with Gasteiger partial charge in [-0.3, -0.25) is 0 Å². The van der Waals surface area contributed by atoms with Crippen LogP contribution in [0.1, 0.15) is 23.9 Å². The van der Waals surface area contributed by atoms with Crippen molar-refractivity contribution in [3.63, 3.8) is 0 Å². The van der Waals surface area contributed by atoms with Crippen LogP contribution in [0.15, 0.2) is 12.4 Å². The van der Waals surface area contributed by atoms with Crippen LogP contribution in [0.2, 0.25) is 0 Å². The molecule has 1 aliphatic rings. The van der Waals surface area contributed by atoms with Crippen LogP contribution in [0.5, 0.6) is 0 Å². The molecule has 0 saturated heterocycles. The van der Waals surface area contributed by atoms with Gasteiger partial charge >= 0.3 is 0 Å². The van der Waals surface area contributed by atoms with Gasteiger partial charge in [0.1, 0.15) is 0 Å². The zero-order valence-electron chi connectivity index (χ0n) is 10.8. The Morgan fingerprint density at radius 1 is 1.39 bits per heavy atom. The highest BCUT2D eigenvalue weighted by molar-refractivity contribution is 5.46. The summed E-state index contributed by atoms with van der Waals surface area (Å²) in [5, 5.41) is 3.36. The second-order valence-electron chi connectivity index (χ2n) is 4.56. The molecule has 2 aromatic heterocycles. The van der Waals surface area contributed by atoms with Crippen LogP contribution in [0.4, 0.5) is 0 Å². The molecule has 0 unspecified atom stereocenters. The molecule has 0 saturated carbocycles. The Bertz CT molecular complexity index is 556. The van der Waals surface area contributed by atoms with Gasteiger partial charge in [0.15, 0.2) is 11.6 Å². The number of imidazole rings is 1.